The SMILES string of the molecule is Clc1cc(C2CC2)cc2nc(C3CC3)nn12. The highest BCUT2D eigenvalue weighted by Crippen LogP contribution is 2.42. The minimum Gasteiger partial charge on any atom is -0.212 e. The second kappa shape index (κ2) is 2.98. The number of fused-ring (bicyclic) bond motifs is 1. The number of hydrogen-bond acceptors (Lipinski definition) is 2. The molecular formula is C12H12ClN3. The summed E-state index contributed by atoms with van der Waals surface area (Å²) in [6.07, 6.45) is 5.03. The van der Waals surface area contributed by atoms with Crippen molar-refractivity contribution < 1.29 is 0 Å². The van der Waals surface area contributed by atoms with E-state index >= 15 is 0 Å². The third-order valence-electron chi connectivity index (χ3n) is 3.42. The van der Waals surface area contributed by atoms with Crippen molar-refractivity contribution in [1.29, 1.82) is 0 Å². The van der Waals surface area contributed by atoms with Crippen molar-refractivity contribution in [2.75, 3.05) is 0 Å². The first-order valence-electron chi connectivity index (χ1n) is 5.87. The van der Waals surface area contributed by atoms with Gasteiger partial charge in [-0.25, -0.2) is 9.50 Å². The van der Waals surface area contributed by atoms with Crippen LogP contribution in [0.1, 0.15) is 48.9 Å². The molecule has 2 aromatic rings. The minimum atomic E-state index is 0.584. The van der Waals surface area contributed by atoms with E-state index in [1.165, 1.54) is 31.2 Å². The molecule has 16 heavy (non-hydrogen) atoms. The molecule has 3 nitrogen and oxygen atoms in total. The zero-order valence-corrected chi connectivity index (χ0v) is 9.61. The van der Waals surface area contributed by atoms with Gasteiger partial charge in [0.15, 0.2) is 11.5 Å². The number of rotatable bonds is 2. The standard InChI is InChI=1S/C12H12ClN3/c13-10-5-9(7-1-2-7)6-11-14-12(8-3-4-8)15-16(10)11/h5-8H,1-4H2. The van der Waals surface area contributed by atoms with E-state index in [1.54, 1.807) is 4.52 Å². The fourth-order valence-electron chi connectivity index (χ4n) is 2.15. The van der Waals surface area contributed by atoms with Crippen LogP contribution in [0.2, 0.25) is 5.15 Å². The summed E-state index contributed by atoms with van der Waals surface area (Å²) in [6, 6.07) is 4.18. The molecule has 0 bridgehead atoms. The van der Waals surface area contributed by atoms with Gasteiger partial charge >= 0.3 is 0 Å². The first-order valence-corrected chi connectivity index (χ1v) is 6.25. The average molecular weight is 234 g/mol. The van der Waals surface area contributed by atoms with Crippen LogP contribution in [-0.4, -0.2) is 14.6 Å². The Labute approximate surface area is 98.4 Å². The Balaban J connectivity index is 1.90. The van der Waals surface area contributed by atoms with Gasteiger partial charge in [0, 0.05) is 5.92 Å². The Bertz CT molecular complexity index is 567. The van der Waals surface area contributed by atoms with Crippen molar-refractivity contribution in [3.05, 3.63) is 28.7 Å². The predicted molar refractivity (Wildman–Crippen MR) is 61.9 cm³/mol. The summed E-state index contributed by atoms with van der Waals surface area (Å²) in [5.41, 5.74) is 2.24. The molecule has 0 spiro atoms. The summed E-state index contributed by atoms with van der Waals surface area (Å²) < 4.78 is 1.76. The Hall–Kier alpha value is -1.09. The van der Waals surface area contributed by atoms with Gasteiger partial charge in [0.05, 0.1) is 0 Å². The summed E-state index contributed by atoms with van der Waals surface area (Å²) >= 11 is 6.23. The monoisotopic (exact) mass is 233 g/mol. The maximum absolute atomic E-state index is 6.23. The summed E-state index contributed by atoms with van der Waals surface area (Å²) in [5.74, 6) is 2.26. The number of nitrogens with zero attached hydrogens (tertiary/aromatic N) is 3. The largest absolute Gasteiger partial charge is 0.212 e. The molecule has 2 saturated carbocycles. The fourth-order valence-corrected chi connectivity index (χ4v) is 2.40. The Morgan fingerprint density at radius 2 is 1.88 bits per heavy atom. The van der Waals surface area contributed by atoms with Crippen molar-refractivity contribution >= 4 is 17.2 Å². The highest BCUT2D eigenvalue weighted by Gasteiger charge is 2.29. The fraction of sp³-hybridized carbons (Fsp3) is 0.500. The van der Waals surface area contributed by atoms with E-state index in [0.717, 1.165) is 11.5 Å². The van der Waals surface area contributed by atoms with Crippen LogP contribution in [0.4, 0.5) is 0 Å². The Morgan fingerprint density at radius 1 is 1.12 bits per heavy atom. The Kier molecular flexibility index (Phi) is 1.67. The summed E-state index contributed by atoms with van der Waals surface area (Å²) in [6.45, 7) is 0. The topological polar surface area (TPSA) is 30.2 Å². The first kappa shape index (κ1) is 8.99. The van der Waals surface area contributed by atoms with Gasteiger partial charge in [0.2, 0.25) is 0 Å². The molecule has 2 aliphatic carbocycles. The maximum atomic E-state index is 6.23. The molecule has 2 aliphatic rings. The molecule has 0 aromatic carbocycles. The number of hydrogen-bond donors (Lipinski definition) is 0. The third-order valence-corrected chi connectivity index (χ3v) is 3.69. The second-order valence-corrected chi connectivity index (χ2v) is 5.29. The van der Waals surface area contributed by atoms with Crippen molar-refractivity contribution in [3.63, 3.8) is 0 Å². The normalized spacial score (nSPS) is 20.6. The molecular weight excluding hydrogens is 222 g/mol. The lowest BCUT2D eigenvalue weighted by molar-refractivity contribution is 0.876. The zero-order chi connectivity index (χ0) is 10.7. The summed E-state index contributed by atoms with van der Waals surface area (Å²) in [7, 11) is 0. The van der Waals surface area contributed by atoms with E-state index < -0.39 is 0 Å². The molecule has 0 atom stereocenters. The molecule has 0 aliphatic heterocycles. The molecule has 82 valence electrons. The predicted octanol–water partition coefficient (Wildman–Crippen LogP) is 3.14. The van der Waals surface area contributed by atoms with Gasteiger partial charge < -0.3 is 0 Å². The third kappa shape index (κ3) is 1.34. The van der Waals surface area contributed by atoms with E-state index in [4.69, 9.17) is 11.6 Å². The van der Waals surface area contributed by atoms with Crippen LogP contribution in [0.3, 0.4) is 0 Å². The van der Waals surface area contributed by atoms with Crippen LogP contribution in [0.25, 0.3) is 5.65 Å². The van der Waals surface area contributed by atoms with E-state index in [0.29, 0.717) is 17.0 Å². The van der Waals surface area contributed by atoms with Gasteiger partial charge in [-0.15, -0.1) is 5.10 Å². The molecule has 0 radical (unpaired) electrons. The van der Waals surface area contributed by atoms with E-state index in [2.05, 4.69) is 16.1 Å². The van der Waals surface area contributed by atoms with Crippen LogP contribution in [0.15, 0.2) is 12.1 Å². The van der Waals surface area contributed by atoms with Crippen LogP contribution in [0.5, 0.6) is 0 Å². The van der Waals surface area contributed by atoms with Crippen molar-refractivity contribution in [1.82, 2.24) is 14.6 Å². The van der Waals surface area contributed by atoms with E-state index in [1.807, 2.05) is 6.07 Å². The van der Waals surface area contributed by atoms with E-state index in [-0.39, 0.29) is 0 Å². The lowest BCUT2D eigenvalue weighted by Crippen LogP contribution is -1.92. The maximum Gasteiger partial charge on any atom is 0.157 e. The second-order valence-electron chi connectivity index (χ2n) is 4.90. The molecule has 0 saturated heterocycles. The summed E-state index contributed by atoms with van der Waals surface area (Å²) in [5, 5.41) is 5.16. The highest BCUT2D eigenvalue weighted by atomic mass is 35.5. The molecule has 2 heterocycles. The van der Waals surface area contributed by atoms with Crippen molar-refractivity contribution in [3.8, 4) is 0 Å². The van der Waals surface area contributed by atoms with E-state index in [9.17, 15) is 0 Å². The Morgan fingerprint density at radius 3 is 2.56 bits per heavy atom. The lowest BCUT2D eigenvalue weighted by Gasteiger charge is -2.00. The number of pyridine rings is 1. The smallest absolute Gasteiger partial charge is 0.157 e. The average Bonchev–Trinajstić information content (AvgIpc) is 3.14. The van der Waals surface area contributed by atoms with Crippen LogP contribution >= 0.6 is 11.6 Å². The van der Waals surface area contributed by atoms with Gasteiger partial charge in [-0.05, 0) is 49.3 Å². The molecule has 0 amide bonds. The molecule has 2 aromatic heterocycles. The van der Waals surface area contributed by atoms with Crippen LogP contribution < -0.4 is 0 Å². The number of halogens is 1. The molecule has 4 rings (SSSR count). The summed E-state index contributed by atoms with van der Waals surface area (Å²) in [4.78, 5) is 4.57. The van der Waals surface area contributed by atoms with Crippen LogP contribution in [-0.2, 0) is 0 Å². The first-order chi connectivity index (χ1) is 7.81. The van der Waals surface area contributed by atoms with Gasteiger partial charge in [0.1, 0.15) is 5.15 Å². The van der Waals surface area contributed by atoms with Gasteiger partial charge in [-0.1, -0.05) is 11.6 Å². The molecule has 0 N–H and O–H groups in total. The molecule has 2 fully saturated rings. The quantitative estimate of drug-likeness (QED) is 0.746. The number of aromatic nitrogens is 3. The highest BCUT2D eigenvalue weighted by molar-refractivity contribution is 6.29. The van der Waals surface area contributed by atoms with Gasteiger partial charge in [-0.2, -0.15) is 0 Å². The van der Waals surface area contributed by atoms with Gasteiger partial charge in [-0.3, -0.25) is 0 Å². The van der Waals surface area contributed by atoms with Crippen molar-refractivity contribution in [2.45, 2.75) is 37.5 Å². The van der Waals surface area contributed by atoms with Crippen molar-refractivity contribution in [2.24, 2.45) is 0 Å². The van der Waals surface area contributed by atoms with Gasteiger partial charge in [0.25, 0.3) is 0 Å². The minimum absolute atomic E-state index is 0.584. The lowest BCUT2D eigenvalue weighted by atomic mass is 10.2. The molecule has 4 heteroatoms. The zero-order valence-electron chi connectivity index (χ0n) is 8.86. The van der Waals surface area contributed by atoms with Crippen LogP contribution in [0, 0.1) is 0 Å². The molecule has 0 unspecified atom stereocenters.